The third-order valence-electron chi connectivity index (χ3n) is 6.38. The quantitative estimate of drug-likeness (QED) is 0.413. The van der Waals surface area contributed by atoms with E-state index in [-0.39, 0.29) is 53.7 Å². The summed E-state index contributed by atoms with van der Waals surface area (Å²) in [6.45, 7) is 5.46. The Bertz CT molecular complexity index is 1430. The Morgan fingerprint density at radius 1 is 1.21 bits per heavy atom. The Morgan fingerprint density at radius 2 is 1.97 bits per heavy atom. The number of nitrogens with zero attached hydrogens (tertiary/aromatic N) is 4. The van der Waals surface area contributed by atoms with Crippen LogP contribution in [0.2, 0.25) is 0 Å². The van der Waals surface area contributed by atoms with E-state index in [1.54, 1.807) is 11.8 Å². The zero-order valence-electron chi connectivity index (χ0n) is 21.3. The maximum atomic E-state index is 15.0. The van der Waals surface area contributed by atoms with Crippen molar-refractivity contribution in [3.63, 3.8) is 0 Å². The van der Waals surface area contributed by atoms with Gasteiger partial charge in [0.1, 0.15) is 23.1 Å². The molecule has 3 N–H and O–H groups in total. The summed E-state index contributed by atoms with van der Waals surface area (Å²) in [5.74, 6) is -1.85. The van der Waals surface area contributed by atoms with Gasteiger partial charge in [0.05, 0.1) is 36.7 Å². The monoisotopic (exact) mass is 539 g/mol. The molecule has 2 heterocycles. The minimum atomic E-state index is -1.16. The van der Waals surface area contributed by atoms with Crippen LogP contribution >= 0.6 is 0 Å². The van der Waals surface area contributed by atoms with Crippen molar-refractivity contribution in [1.82, 2.24) is 14.9 Å². The lowest BCUT2D eigenvalue weighted by atomic mass is 10.0. The van der Waals surface area contributed by atoms with Crippen molar-refractivity contribution in [2.75, 3.05) is 43.6 Å². The largest absolute Gasteiger partial charge is 0.496 e. The summed E-state index contributed by atoms with van der Waals surface area (Å²) < 4.78 is 34.8. The molecular formula is C27H27F2N5O5. The van der Waals surface area contributed by atoms with Crippen LogP contribution in [0.5, 0.6) is 5.75 Å². The highest BCUT2D eigenvalue weighted by molar-refractivity contribution is 6.05. The zero-order valence-corrected chi connectivity index (χ0v) is 21.3. The number of carbonyl (C=O) groups is 2. The van der Waals surface area contributed by atoms with E-state index in [0.717, 1.165) is 11.0 Å². The van der Waals surface area contributed by atoms with Crippen LogP contribution in [0, 0.1) is 11.6 Å². The number of hydrogen-bond donors (Lipinski definition) is 3. The Kier molecular flexibility index (Phi) is 8.05. The molecule has 4 rings (SSSR count). The number of benzene rings is 2. The molecule has 2 amide bonds. The van der Waals surface area contributed by atoms with Gasteiger partial charge in [-0.25, -0.2) is 23.5 Å². The number of rotatable bonds is 7. The van der Waals surface area contributed by atoms with E-state index in [0.29, 0.717) is 11.3 Å². The van der Waals surface area contributed by atoms with Crippen LogP contribution in [-0.2, 0) is 0 Å². The highest BCUT2D eigenvalue weighted by Crippen LogP contribution is 2.34. The van der Waals surface area contributed by atoms with Gasteiger partial charge in [-0.3, -0.25) is 9.69 Å². The van der Waals surface area contributed by atoms with E-state index in [2.05, 4.69) is 21.9 Å². The van der Waals surface area contributed by atoms with E-state index in [1.807, 2.05) is 0 Å². The van der Waals surface area contributed by atoms with Crippen LogP contribution < -0.4 is 15.0 Å². The average molecular weight is 540 g/mol. The molecule has 1 aliphatic rings. The van der Waals surface area contributed by atoms with Gasteiger partial charge in [-0.1, -0.05) is 12.6 Å². The Morgan fingerprint density at radius 3 is 2.64 bits per heavy atom. The first-order chi connectivity index (χ1) is 18.6. The molecule has 1 fully saturated rings. The Hall–Kier alpha value is -4.58. The summed E-state index contributed by atoms with van der Waals surface area (Å²) in [5, 5.41) is 21.9. The third kappa shape index (κ3) is 5.65. The third-order valence-corrected chi connectivity index (χ3v) is 6.38. The summed E-state index contributed by atoms with van der Waals surface area (Å²) in [7, 11) is 1.37. The van der Waals surface area contributed by atoms with Gasteiger partial charge in [0, 0.05) is 37.5 Å². The molecule has 39 heavy (non-hydrogen) atoms. The first kappa shape index (κ1) is 27.5. The fourth-order valence-electron chi connectivity index (χ4n) is 4.42. The summed E-state index contributed by atoms with van der Waals surface area (Å²) in [6.07, 6.45) is 0.140. The second kappa shape index (κ2) is 11.4. The Balaban J connectivity index is 1.69. The number of carbonyl (C=O) groups excluding carboxylic acids is 1. The van der Waals surface area contributed by atoms with E-state index in [4.69, 9.17) is 4.74 Å². The van der Waals surface area contributed by atoms with Gasteiger partial charge in [0.25, 0.3) is 5.91 Å². The number of aliphatic hydroxyl groups is 1. The number of hydrogen-bond acceptors (Lipinski definition) is 7. The second-order valence-electron chi connectivity index (χ2n) is 8.92. The van der Waals surface area contributed by atoms with Gasteiger partial charge in [-0.2, -0.15) is 0 Å². The number of piperazine rings is 1. The summed E-state index contributed by atoms with van der Waals surface area (Å²) >= 11 is 0. The molecule has 0 spiro atoms. The van der Waals surface area contributed by atoms with Gasteiger partial charge >= 0.3 is 6.09 Å². The molecule has 12 heteroatoms. The number of aliphatic hydroxyl groups excluding tert-OH is 1. The number of ether oxygens (including phenoxy) is 1. The minimum Gasteiger partial charge on any atom is -0.496 e. The van der Waals surface area contributed by atoms with E-state index >= 15 is 0 Å². The van der Waals surface area contributed by atoms with Crippen LogP contribution in [0.4, 0.5) is 25.0 Å². The van der Waals surface area contributed by atoms with Crippen LogP contribution in [0.3, 0.4) is 0 Å². The Labute approximate surface area is 223 Å². The molecule has 0 bridgehead atoms. The van der Waals surface area contributed by atoms with Crippen molar-refractivity contribution < 1.29 is 33.3 Å². The number of methoxy groups -OCH3 is 1. The van der Waals surface area contributed by atoms with E-state index in [1.165, 1.54) is 43.6 Å². The molecule has 3 aromatic rings. The number of halogens is 2. The summed E-state index contributed by atoms with van der Waals surface area (Å²) in [5.41, 5.74) is 1.07. The molecule has 2 aromatic carbocycles. The van der Waals surface area contributed by atoms with E-state index < -0.39 is 36.3 Å². The smallest absolute Gasteiger partial charge is 0.407 e. The van der Waals surface area contributed by atoms with Gasteiger partial charge in [0.15, 0.2) is 5.82 Å². The lowest BCUT2D eigenvalue weighted by Crippen LogP contribution is -2.56. The molecule has 1 aliphatic heterocycles. The lowest BCUT2D eigenvalue weighted by Gasteiger charge is -2.41. The van der Waals surface area contributed by atoms with Crippen LogP contribution in [0.15, 0.2) is 49.2 Å². The summed E-state index contributed by atoms with van der Waals surface area (Å²) in [6, 6.07) is 7.50. The molecule has 0 saturated carbocycles. The number of carboxylic acid groups (broad SMARTS) is 1. The van der Waals surface area contributed by atoms with Crippen molar-refractivity contribution in [3.8, 4) is 17.1 Å². The van der Waals surface area contributed by atoms with Gasteiger partial charge < -0.3 is 25.2 Å². The number of amides is 2. The first-order valence-corrected chi connectivity index (χ1v) is 12.0. The maximum Gasteiger partial charge on any atom is 0.407 e. The average Bonchev–Trinajstić information content (AvgIpc) is 2.92. The van der Waals surface area contributed by atoms with Gasteiger partial charge in [-0.05, 0) is 36.8 Å². The van der Waals surface area contributed by atoms with Crippen LogP contribution in [0.25, 0.3) is 17.0 Å². The highest BCUT2D eigenvalue weighted by Gasteiger charge is 2.31. The van der Waals surface area contributed by atoms with Crippen molar-refractivity contribution in [1.29, 1.82) is 0 Å². The minimum absolute atomic E-state index is 0.0152. The lowest BCUT2D eigenvalue weighted by molar-refractivity contribution is 0.0911. The number of aromatic nitrogens is 2. The van der Waals surface area contributed by atoms with Crippen molar-refractivity contribution in [3.05, 3.63) is 72.1 Å². The fraction of sp³-hybridized carbons (Fsp3) is 0.259. The topological polar surface area (TPSA) is 128 Å². The normalized spacial score (nSPS) is 15.2. The fourth-order valence-corrected chi connectivity index (χ4v) is 4.42. The number of allylic oxidation sites excluding steroid dienone is 1. The summed E-state index contributed by atoms with van der Waals surface area (Å²) in [4.78, 5) is 36.0. The van der Waals surface area contributed by atoms with Crippen molar-refractivity contribution >= 4 is 28.9 Å². The molecule has 0 unspecified atom stereocenters. The molecule has 0 radical (unpaired) electrons. The molecule has 204 valence electrons. The van der Waals surface area contributed by atoms with E-state index in [9.17, 15) is 28.6 Å². The van der Waals surface area contributed by atoms with Crippen molar-refractivity contribution in [2.24, 2.45) is 0 Å². The van der Waals surface area contributed by atoms with Crippen molar-refractivity contribution in [2.45, 2.75) is 13.0 Å². The molecule has 10 nitrogen and oxygen atoms in total. The highest BCUT2D eigenvalue weighted by atomic mass is 19.1. The standard InChI is InChI=1S/C27H27F2N5O5/c1-15(2)17-11-22(33-9-10-34(27(37)38)16(13-33)14-35)21(12-19(17)29)32-26(36)20-7-8-30-25(31-20)24-18(28)5-4-6-23(24)39-3/h4-8,11-12,16,35H,1,9-10,13-14H2,2-3H3,(H,32,36)(H,37,38)/t16-/m0/s1. The number of anilines is 2. The number of nitrogens with one attached hydrogen (secondary N) is 1. The van der Waals surface area contributed by atoms with Crippen LogP contribution in [0.1, 0.15) is 23.0 Å². The van der Waals surface area contributed by atoms with Gasteiger partial charge in [0.2, 0.25) is 0 Å². The molecular weight excluding hydrogens is 512 g/mol. The molecule has 0 aliphatic carbocycles. The van der Waals surface area contributed by atoms with Crippen LogP contribution in [-0.4, -0.2) is 76.5 Å². The molecule has 1 aromatic heterocycles. The second-order valence-corrected chi connectivity index (χ2v) is 8.92. The first-order valence-electron chi connectivity index (χ1n) is 12.0. The predicted molar refractivity (Wildman–Crippen MR) is 141 cm³/mol. The predicted octanol–water partition coefficient (Wildman–Crippen LogP) is 3.88. The molecule has 1 atom stereocenters. The zero-order chi connectivity index (χ0) is 28.3. The SMILES string of the molecule is C=C(C)c1cc(N2CCN(C(=O)O)[C@H](CO)C2)c(NC(=O)c2ccnc(-c3c(F)cccc3OC)n2)cc1F. The molecule has 1 saturated heterocycles. The maximum absolute atomic E-state index is 15.0. The van der Waals surface area contributed by atoms with Gasteiger partial charge in [-0.15, -0.1) is 0 Å².